The molecule has 1 amide bonds. The number of hydrogen-bond acceptors (Lipinski definition) is 5. The third-order valence-corrected chi connectivity index (χ3v) is 7.29. The Balaban J connectivity index is 1.69. The van der Waals surface area contributed by atoms with Crippen LogP contribution >= 0.6 is 0 Å². The molecule has 0 aliphatic carbocycles. The number of aryl methyl sites for hydroxylation is 2. The van der Waals surface area contributed by atoms with Gasteiger partial charge in [-0.3, -0.25) is 23.4 Å². The van der Waals surface area contributed by atoms with Gasteiger partial charge in [0.25, 0.3) is 15.6 Å². The Morgan fingerprint density at radius 3 is 2.48 bits per heavy atom. The molecule has 4 rings (SSSR count). The average Bonchev–Trinajstić information content (AvgIpc) is 3.32. The first kappa shape index (κ1) is 22.8. The van der Waals surface area contributed by atoms with E-state index in [1.165, 1.54) is 29.8 Å². The van der Waals surface area contributed by atoms with Crippen LogP contribution in [0.5, 0.6) is 0 Å². The van der Waals surface area contributed by atoms with Gasteiger partial charge in [-0.1, -0.05) is 12.1 Å². The van der Waals surface area contributed by atoms with E-state index >= 15 is 0 Å². The number of hydrogen-bond donors (Lipinski definition) is 1. The van der Waals surface area contributed by atoms with Crippen molar-refractivity contribution in [3.05, 3.63) is 68.9 Å². The number of anilines is 1. The summed E-state index contributed by atoms with van der Waals surface area (Å²) in [4.78, 5) is 39.9. The van der Waals surface area contributed by atoms with E-state index in [2.05, 4.69) is 4.72 Å². The van der Waals surface area contributed by atoms with Crippen molar-refractivity contribution >= 4 is 32.5 Å². The van der Waals surface area contributed by atoms with E-state index in [9.17, 15) is 22.8 Å². The number of carbonyl (C=O) groups excluding carboxylic acids is 1. The van der Waals surface area contributed by atoms with Gasteiger partial charge in [0.05, 0.1) is 15.8 Å². The van der Waals surface area contributed by atoms with E-state index in [0.29, 0.717) is 24.3 Å². The van der Waals surface area contributed by atoms with Gasteiger partial charge < -0.3 is 4.90 Å². The fraction of sp³-hybridized carbons (Fsp3) is 0.348. The van der Waals surface area contributed by atoms with E-state index in [0.717, 1.165) is 23.0 Å². The van der Waals surface area contributed by atoms with Crippen molar-refractivity contribution in [2.24, 2.45) is 7.05 Å². The molecule has 1 saturated heterocycles. The summed E-state index contributed by atoms with van der Waals surface area (Å²) in [7, 11) is -2.44. The van der Waals surface area contributed by atoms with Gasteiger partial charge in [0.2, 0.25) is 5.91 Å². The summed E-state index contributed by atoms with van der Waals surface area (Å²) in [6.45, 7) is 3.18. The van der Waals surface area contributed by atoms with Gasteiger partial charge >= 0.3 is 5.69 Å². The van der Waals surface area contributed by atoms with Gasteiger partial charge in [-0.05, 0) is 55.7 Å². The largest absolute Gasteiger partial charge is 0.343 e. The zero-order chi connectivity index (χ0) is 23.8. The Labute approximate surface area is 191 Å². The Morgan fingerprint density at radius 2 is 1.79 bits per heavy atom. The maximum absolute atomic E-state index is 13.1. The smallest absolute Gasteiger partial charge is 0.331 e. The number of nitrogens with one attached hydrogen (secondary N) is 1. The van der Waals surface area contributed by atoms with Crippen LogP contribution in [0.15, 0.2) is 56.9 Å². The standard InChI is InChI=1S/C23H26N4O5S/c1-16-6-5-7-17(14-16)24-33(31,32)18-8-9-20-19(15-18)22(29)27(23(30)25(20)2)13-10-21(28)26-11-3-4-12-26/h5-9,14-15,24H,3-4,10-13H2,1-2H3. The monoisotopic (exact) mass is 470 g/mol. The van der Waals surface area contributed by atoms with Gasteiger partial charge in [-0.2, -0.15) is 0 Å². The number of aromatic nitrogens is 2. The summed E-state index contributed by atoms with van der Waals surface area (Å²) in [6.07, 6.45) is 1.95. The summed E-state index contributed by atoms with van der Waals surface area (Å²) in [5, 5.41) is 0.0952. The molecular weight excluding hydrogens is 444 g/mol. The molecule has 0 saturated carbocycles. The Bertz CT molecular complexity index is 1450. The Kier molecular flexibility index (Phi) is 6.11. The first-order chi connectivity index (χ1) is 15.7. The van der Waals surface area contributed by atoms with E-state index in [-0.39, 0.29) is 29.2 Å². The summed E-state index contributed by atoms with van der Waals surface area (Å²) in [5.41, 5.74) is 0.468. The van der Waals surface area contributed by atoms with E-state index in [1.54, 1.807) is 23.1 Å². The highest BCUT2D eigenvalue weighted by atomic mass is 32.2. The predicted molar refractivity (Wildman–Crippen MR) is 126 cm³/mol. The number of sulfonamides is 1. The molecule has 10 heteroatoms. The molecule has 33 heavy (non-hydrogen) atoms. The summed E-state index contributed by atoms with van der Waals surface area (Å²) in [6, 6.07) is 11.0. The lowest BCUT2D eigenvalue weighted by Crippen LogP contribution is -2.40. The second-order valence-electron chi connectivity index (χ2n) is 8.29. The second kappa shape index (κ2) is 8.86. The molecule has 0 radical (unpaired) electrons. The molecule has 1 N–H and O–H groups in total. The van der Waals surface area contributed by atoms with Crippen LogP contribution in [0.25, 0.3) is 10.9 Å². The molecule has 1 aromatic heterocycles. The molecule has 0 unspecified atom stereocenters. The van der Waals surface area contributed by atoms with Gasteiger partial charge in [0.15, 0.2) is 0 Å². The molecule has 9 nitrogen and oxygen atoms in total. The summed E-state index contributed by atoms with van der Waals surface area (Å²) in [5.74, 6) is -0.0970. The third-order valence-electron chi connectivity index (χ3n) is 5.91. The minimum atomic E-state index is -3.96. The zero-order valence-electron chi connectivity index (χ0n) is 18.6. The SMILES string of the molecule is Cc1cccc(NS(=O)(=O)c2ccc3c(c2)c(=O)n(CCC(=O)N2CCCC2)c(=O)n3C)c1. The average molecular weight is 471 g/mol. The minimum absolute atomic E-state index is 0.0353. The topological polar surface area (TPSA) is 110 Å². The van der Waals surface area contributed by atoms with Crippen LogP contribution in [0.2, 0.25) is 0 Å². The van der Waals surface area contributed by atoms with Gasteiger partial charge in [0.1, 0.15) is 0 Å². The third kappa shape index (κ3) is 4.56. The Morgan fingerprint density at radius 1 is 1.06 bits per heavy atom. The Hall–Kier alpha value is -3.40. The van der Waals surface area contributed by atoms with Crippen molar-refractivity contribution in [1.82, 2.24) is 14.0 Å². The van der Waals surface area contributed by atoms with Crippen LogP contribution in [-0.2, 0) is 28.4 Å². The quantitative estimate of drug-likeness (QED) is 0.591. The van der Waals surface area contributed by atoms with Crippen LogP contribution in [0.1, 0.15) is 24.8 Å². The van der Waals surface area contributed by atoms with Crippen molar-refractivity contribution in [2.45, 2.75) is 37.6 Å². The van der Waals surface area contributed by atoms with Crippen LogP contribution in [0, 0.1) is 6.92 Å². The minimum Gasteiger partial charge on any atom is -0.343 e. The van der Waals surface area contributed by atoms with E-state index in [1.807, 2.05) is 13.0 Å². The van der Waals surface area contributed by atoms with Crippen LogP contribution in [0.3, 0.4) is 0 Å². The fourth-order valence-electron chi connectivity index (χ4n) is 4.11. The summed E-state index contributed by atoms with van der Waals surface area (Å²) >= 11 is 0. The van der Waals surface area contributed by atoms with Crippen molar-refractivity contribution in [3.63, 3.8) is 0 Å². The highest BCUT2D eigenvalue weighted by Gasteiger charge is 2.21. The number of amides is 1. The molecule has 1 fully saturated rings. The second-order valence-corrected chi connectivity index (χ2v) is 9.97. The molecule has 0 bridgehead atoms. The molecule has 1 aliphatic rings. The maximum Gasteiger partial charge on any atom is 0.331 e. The molecule has 2 aromatic carbocycles. The molecule has 3 aromatic rings. The van der Waals surface area contributed by atoms with Crippen LogP contribution in [-0.4, -0.2) is 41.4 Å². The predicted octanol–water partition coefficient (Wildman–Crippen LogP) is 1.82. The zero-order valence-corrected chi connectivity index (χ0v) is 19.4. The van der Waals surface area contributed by atoms with Crippen LogP contribution < -0.4 is 16.0 Å². The first-order valence-electron chi connectivity index (χ1n) is 10.8. The lowest BCUT2D eigenvalue weighted by Gasteiger charge is -2.16. The van der Waals surface area contributed by atoms with Crippen LogP contribution in [0.4, 0.5) is 5.69 Å². The molecule has 2 heterocycles. The number of nitrogens with zero attached hydrogens (tertiary/aromatic N) is 3. The van der Waals surface area contributed by atoms with Crippen molar-refractivity contribution in [1.29, 1.82) is 0 Å². The highest BCUT2D eigenvalue weighted by Crippen LogP contribution is 2.20. The normalized spacial score (nSPS) is 14.1. The lowest BCUT2D eigenvalue weighted by molar-refractivity contribution is -0.130. The number of likely N-dealkylation sites (tertiary alicyclic amines) is 1. The van der Waals surface area contributed by atoms with E-state index in [4.69, 9.17) is 0 Å². The van der Waals surface area contributed by atoms with Gasteiger partial charge in [-0.15, -0.1) is 0 Å². The molecule has 1 aliphatic heterocycles. The molecule has 0 spiro atoms. The fourth-order valence-corrected chi connectivity index (χ4v) is 5.19. The summed E-state index contributed by atoms with van der Waals surface area (Å²) < 4.78 is 30.7. The maximum atomic E-state index is 13.1. The number of fused-ring (bicyclic) bond motifs is 1. The highest BCUT2D eigenvalue weighted by molar-refractivity contribution is 7.92. The number of carbonyl (C=O) groups is 1. The van der Waals surface area contributed by atoms with Gasteiger partial charge in [0, 0.05) is 38.8 Å². The molecule has 0 atom stereocenters. The first-order valence-corrected chi connectivity index (χ1v) is 12.3. The lowest BCUT2D eigenvalue weighted by atomic mass is 10.2. The van der Waals surface area contributed by atoms with Crippen molar-refractivity contribution in [3.8, 4) is 0 Å². The number of rotatable bonds is 6. The number of benzene rings is 2. The van der Waals surface area contributed by atoms with E-state index < -0.39 is 21.3 Å². The van der Waals surface area contributed by atoms with Crippen molar-refractivity contribution in [2.75, 3.05) is 17.8 Å². The molecular formula is C23H26N4O5S. The van der Waals surface area contributed by atoms with Gasteiger partial charge in [-0.25, -0.2) is 13.2 Å². The van der Waals surface area contributed by atoms with Crippen molar-refractivity contribution < 1.29 is 13.2 Å². The molecule has 174 valence electrons.